The fourth-order valence-corrected chi connectivity index (χ4v) is 3.33. The molecule has 0 saturated carbocycles. The average Bonchev–Trinajstić information content (AvgIpc) is 2.48. The van der Waals surface area contributed by atoms with Gasteiger partial charge >= 0.3 is 0 Å². The van der Waals surface area contributed by atoms with Gasteiger partial charge < -0.3 is 15.5 Å². The summed E-state index contributed by atoms with van der Waals surface area (Å²) < 4.78 is 0. The van der Waals surface area contributed by atoms with Crippen molar-refractivity contribution in [3.63, 3.8) is 0 Å². The third-order valence-electron chi connectivity index (χ3n) is 4.85. The van der Waals surface area contributed by atoms with E-state index < -0.39 is 0 Å². The zero-order valence-corrected chi connectivity index (χ0v) is 14.0. The number of piperidine rings is 1. The lowest BCUT2D eigenvalue weighted by atomic mass is 9.93. The fraction of sp³-hybridized carbons (Fsp3) is 1.00. The summed E-state index contributed by atoms with van der Waals surface area (Å²) in [6.07, 6.45) is 16.2. The van der Waals surface area contributed by atoms with E-state index in [4.69, 9.17) is 5.11 Å². The first-order valence-electron chi connectivity index (χ1n) is 9.29. The molecule has 1 fully saturated rings. The van der Waals surface area contributed by atoms with E-state index in [-0.39, 0.29) is 12.1 Å². The van der Waals surface area contributed by atoms with Crippen molar-refractivity contribution < 1.29 is 10.2 Å². The Kier molecular flexibility index (Phi) is 11.2. The van der Waals surface area contributed by atoms with Gasteiger partial charge in [-0.25, -0.2) is 0 Å². The van der Waals surface area contributed by atoms with Crippen molar-refractivity contribution in [2.45, 2.75) is 109 Å². The van der Waals surface area contributed by atoms with Crippen LogP contribution in [0.3, 0.4) is 0 Å². The molecule has 1 rings (SSSR count). The largest absolute Gasteiger partial charge is 0.396 e. The monoisotopic (exact) mass is 299 g/mol. The van der Waals surface area contributed by atoms with Crippen LogP contribution in [0.25, 0.3) is 0 Å². The van der Waals surface area contributed by atoms with E-state index in [1.165, 1.54) is 64.2 Å². The highest BCUT2D eigenvalue weighted by atomic mass is 16.3. The standard InChI is InChI=1S/C18H37NO2/c1-16-18(21)14-13-17(19-16)12-10-8-6-4-2-3-5-7-9-11-15-20/h16-21H,2-15H2,1H3/t16-,17+,18-/m0/s1. The lowest BCUT2D eigenvalue weighted by Gasteiger charge is -2.32. The third kappa shape index (κ3) is 9.49. The van der Waals surface area contributed by atoms with Crippen LogP contribution in [0.4, 0.5) is 0 Å². The second kappa shape index (κ2) is 12.4. The molecule has 0 bridgehead atoms. The summed E-state index contributed by atoms with van der Waals surface area (Å²) in [5.74, 6) is 0. The van der Waals surface area contributed by atoms with E-state index in [0.29, 0.717) is 12.6 Å². The molecule has 0 aromatic heterocycles. The van der Waals surface area contributed by atoms with Crippen molar-refractivity contribution in [1.82, 2.24) is 5.32 Å². The molecule has 1 heterocycles. The number of unbranched alkanes of at least 4 members (excludes halogenated alkanes) is 9. The first kappa shape index (κ1) is 18.9. The van der Waals surface area contributed by atoms with E-state index in [2.05, 4.69) is 12.2 Å². The van der Waals surface area contributed by atoms with E-state index in [1.807, 2.05) is 0 Å². The summed E-state index contributed by atoms with van der Waals surface area (Å²) in [4.78, 5) is 0. The van der Waals surface area contributed by atoms with Crippen molar-refractivity contribution in [3.8, 4) is 0 Å². The van der Waals surface area contributed by atoms with Crippen molar-refractivity contribution >= 4 is 0 Å². The van der Waals surface area contributed by atoms with Gasteiger partial charge in [-0.15, -0.1) is 0 Å². The van der Waals surface area contributed by atoms with Crippen molar-refractivity contribution in [3.05, 3.63) is 0 Å². The molecule has 0 unspecified atom stereocenters. The van der Waals surface area contributed by atoms with Crippen LogP contribution in [0, 0.1) is 0 Å². The van der Waals surface area contributed by atoms with Crippen LogP contribution in [0.2, 0.25) is 0 Å². The maximum Gasteiger partial charge on any atom is 0.0691 e. The Labute approximate surface area is 131 Å². The van der Waals surface area contributed by atoms with Crippen LogP contribution in [-0.4, -0.2) is 35.0 Å². The second-order valence-corrected chi connectivity index (χ2v) is 6.84. The molecular formula is C18H37NO2. The normalized spacial score (nSPS) is 26.1. The van der Waals surface area contributed by atoms with Gasteiger partial charge in [0.25, 0.3) is 0 Å². The summed E-state index contributed by atoms with van der Waals surface area (Å²) in [6.45, 7) is 2.45. The minimum absolute atomic E-state index is 0.140. The van der Waals surface area contributed by atoms with E-state index in [0.717, 1.165) is 19.3 Å². The van der Waals surface area contributed by atoms with E-state index in [9.17, 15) is 5.11 Å². The molecule has 0 amide bonds. The van der Waals surface area contributed by atoms with Crippen molar-refractivity contribution in [2.75, 3.05) is 6.61 Å². The quantitative estimate of drug-likeness (QED) is 0.481. The summed E-state index contributed by atoms with van der Waals surface area (Å²) in [5.41, 5.74) is 0. The maximum atomic E-state index is 9.68. The Morgan fingerprint density at radius 1 is 0.810 bits per heavy atom. The van der Waals surface area contributed by atoms with Gasteiger partial charge in [0.2, 0.25) is 0 Å². The fourth-order valence-electron chi connectivity index (χ4n) is 3.33. The molecule has 0 aromatic rings. The highest BCUT2D eigenvalue weighted by Gasteiger charge is 2.24. The van der Waals surface area contributed by atoms with Crippen LogP contribution in [0.1, 0.15) is 90.4 Å². The van der Waals surface area contributed by atoms with Crippen molar-refractivity contribution in [2.24, 2.45) is 0 Å². The number of aliphatic hydroxyl groups excluding tert-OH is 2. The van der Waals surface area contributed by atoms with Gasteiger partial charge in [-0.05, 0) is 32.6 Å². The second-order valence-electron chi connectivity index (χ2n) is 6.84. The summed E-state index contributed by atoms with van der Waals surface area (Å²) in [6, 6.07) is 0.907. The van der Waals surface area contributed by atoms with Gasteiger partial charge in [0.05, 0.1) is 6.10 Å². The molecule has 3 atom stereocenters. The molecule has 3 nitrogen and oxygen atoms in total. The zero-order chi connectivity index (χ0) is 15.3. The molecular weight excluding hydrogens is 262 g/mol. The number of hydrogen-bond donors (Lipinski definition) is 3. The Morgan fingerprint density at radius 2 is 1.33 bits per heavy atom. The first-order chi connectivity index (χ1) is 10.2. The number of nitrogens with one attached hydrogen (secondary N) is 1. The molecule has 126 valence electrons. The van der Waals surface area contributed by atoms with Gasteiger partial charge in [-0.2, -0.15) is 0 Å². The SMILES string of the molecule is C[C@@H]1N[C@H](CCCCCCCCCCCCO)CC[C@@H]1O. The number of hydrogen-bond acceptors (Lipinski definition) is 3. The van der Waals surface area contributed by atoms with Crippen molar-refractivity contribution in [1.29, 1.82) is 0 Å². The number of aliphatic hydroxyl groups is 2. The van der Waals surface area contributed by atoms with Gasteiger partial charge in [0.1, 0.15) is 0 Å². The topological polar surface area (TPSA) is 52.5 Å². The predicted octanol–water partition coefficient (Wildman–Crippen LogP) is 3.77. The Bertz CT molecular complexity index is 235. The van der Waals surface area contributed by atoms with Gasteiger partial charge in [0, 0.05) is 18.7 Å². The van der Waals surface area contributed by atoms with E-state index in [1.54, 1.807) is 0 Å². The zero-order valence-electron chi connectivity index (χ0n) is 14.0. The number of rotatable bonds is 12. The lowest BCUT2D eigenvalue weighted by Crippen LogP contribution is -2.48. The van der Waals surface area contributed by atoms with Crippen LogP contribution in [-0.2, 0) is 0 Å². The molecule has 1 aliphatic heterocycles. The molecule has 1 saturated heterocycles. The molecule has 21 heavy (non-hydrogen) atoms. The lowest BCUT2D eigenvalue weighted by molar-refractivity contribution is 0.0849. The average molecular weight is 299 g/mol. The summed E-state index contributed by atoms with van der Waals surface area (Å²) in [7, 11) is 0. The molecule has 0 radical (unpaired) electrons. The Morgan fingerprint density at radius 3 is 1.86 bits per heavy atom. The highest BCUT2D eigenvalue weighted by molar-refractivity contribution is 4.83. The van der Waals surface area contributed by atoms with Gasteiger partial charge in [0.15, 0.2) is 0 Å². The van der Waals surface area contributed by atoms with Gasteiger partial charge in [-0.1, -0.05) is 57.8 Å². The predicted molar refractivity (Wildman–Crippen MR) is 89.5 cm³/mol. The molecule has 1 aliphatic rings. The van der Waals surface area contributed by atoms with E-state index >= 15 is 0 Å². The molecule has 3 heteroatoms. The smallest absolute Gasteiger partial charge is 0.0691 e. The highest BCUT2D eigenvalue weighted by Crippen LogP contribution is 2.18. The first-order valence-corrected chi connectivity index (χ1v) is 9.29. The van der Waals surface area contributed by atoms with Gasteiger partial charge in [-0.3, -0.25) is 0 Å². The van der Waals surface area contributed by atoms with Crippen LogP contribution in [0.5, 0.6) is 0 Å². The molecule has 0 aliphatic carbocycles. The molecule has 3 N–H and O–H groups in total. The minimum atomic E-state index is -0.140. The molecule has 0 aromatic carbocycles. The summed E-state index contributed by atoms with van der Waals surface area (Å²) in [5, 5.41) is 21.9. The van der Waals surface area contributed by atoms with Crippen LogP contribution in [0.15, 0.2) is 0 Å². The molecule has 0 spiro atoms. The maximum absolute atomic E-state index is 9.68. The van der Waals surface area contributed by atoms with Crippen LogP contribution < -0.4 is 5.32 Å². The Hall–Kier alpha value is -0.120. The Balaban J connectivity index is 1.80. The minimum Gasteiger partial charge on any atom is -0.396 e. The third-order valence-corrected chi connectivity index (χ3v) is 4.85. The van der Waals surface area contributed by atoms with Crippen LogP contribution >= 0.6 is 0 Å². The summed E-state index contributed by atoms with van der Waals surface area (Å²) >= 11 is 0.